The average Bonchev–Trinajstić information content (AvgIpc) is 3.27. The molecule has 86 heavy (non-hydrogen) atoms. The molecule has 0 radical (unpaired) electrons. The van der Waals surface area contributed by atoms with Gasteiger partial charge in [0.2, 0.25) is 35.4 Å². The van der Waals surface area contributed by atoms with Gasteiger partial charge >= 0.3 is 24.3 Å². The second kappa shape index (κ2) is 34.6. The van der Waals surface area contributed by atoms with Gasteiger partial charge in [-0.15, -0.1) is 0 Å². The predicted molar refractivity (Wildman–Crippen MR) is 290 cm³/mol. The molecular formula is C54H76F6N10O16. The molecule has 0 aliphatic carbocycles. The normalized spacial score (nSPS) is 26.1. The van der Waals surface area contributed by atoms with E-state index in [0.29, 0.717) is 11.1 Å². The molecule has 4 bridgehead atoms. The highest BCUT2D eigenvalue weighted by molar-refractivity contribution is 5.95. The number of aliphatic carboxylic acids is 2. The van der Waals surface area contributed by atoms with Crippen molar-refractivity contribution in [1.29, 1.82) is 0 Å². The van der Waals surface area contributed by atoms with Crippen LogP contribution in [0.2, 0.25) is 0 Å². The van der Waals surface area contributed by atoms with E-state index >= 15 is 0 Å². The summed E-state index contributed by atoms with van der Waals surface area (Å²) in [6, 6.07) is 10.9. The molecule has 3 saturated heterocycles. The number of carboxylic acid groups (broad SMARTS) is 2. The van der Waals surface area contributed by atoms with Gasteiger partial charge in [-0.1, -0.05) is 88.4 Å². The number of fused-ring (bicyclic) bond motifs is 4. The molecule has 3 heterocycles. The lowest BCUT2D eigenvalue weighted by Crippen LogP contribution is -2.58. The first-order chi connectivity index (χ1) is 40.3. The Kier molecular flexibility index (Phi) is 29.2. The van der Waals surface area contributed by atoms with E-state index in [0.717, 1.165) is 0 Å². The van der Waals surface area contributed by atoms with Crippen LogP contribution in [0.5, 0.6) is 0 Å². The summed E-state index contributed by atoms with van der Waals surface area (Å²) in [5.74, 6) is -10.9. The minimum absolute atomic E-state index is 0.00787. The maximum absolute atomic E-state index is 14.5. The zero-order chi connectivity index (χ0) is 64.6. The van der Waals surface area contributed by atoms with Crippen LogP contribution in [0.3, 0.4) is 0 Å². The van der Waals surface area contributed by atoms with Gasteiger partial charge in [0.25, 0.3) is 11.8 Å². The van der Waals surface area contributed by atoms with Gasteiger partial charge in [0.05, 0.1) is 24.3 Å². The lowest BCUT2D eigenvalue weighted by atomic mass is 9.99. The minimum atomic E-state index is -5.08. The molecule has 0 spiro atoms. The van der Waals surface area contributed by atoms with Crippen LogP contribution in [0.15, 0.2) is 60.7 Å². The van der Waals surface area contributed by atoms with Gasteiger partial charge < -0.3 is 83.2 Å². The van der Waals surface area contributed by atoms with Crippen LogP contribution in [0, 0.1) is 11.8 Å². The first-order valence-corrected chi connectivity index (χ1v) is 27.2. The van der Waals surface area contributed by atoms with Crippen LogP contribution in [-0.4, -0.2) is 195 Å². The van der Waals surface area contributed by atoms with Crippen LogP contribution in [-0.2, 0) is 79.7 Å². The molecule has 2 aromatic rings. The summed E-state index contributed by atoms with van der Waals surface area (Å²) in [5, 5.41) is 36.9. The van der Waals surface area contributed by atoms with Gasteiger partial charge in [-0.05, 0) is 35.8 Å². The van der Waals surface area contributed by atoms with Gasteiger partial charge in [-0.2, -0.15) is 26.3 Å². The number of hydrogen-bond donors (Lipinski definition) is 12. The molecule has 0 saturated carbocycles. The highest BCUT2D eigenvalue weighted by Crippen LogP contribution is 2.27. The SMILES string of the molecule is CO[C@@H]1[C@H](NC(=O)CCN)[C@H]2CNC(=O)[C@H](CC(C)C)NC(=O)[C@H](Cc3ccccc3)NC(=O)[C@H]3O[C@H](CNC(=O)[C@H](CC(C)C)NC(=O)[C@H](Cc4ccccc4)NC(=O)[C@H]1O2)[C@@H](NC(=O)CCN)[C@H]3OC.O=C(O)C(F)(F)F.O=C(O)C(F)(F)F. The number of benzene rings is 2. The number of alkyl halides is 6. The lowest BCUT2D eigenvalue weighted by Gasteiger charge is -2.28. The van der Waals surface area contributed by atoms with Crippen LogP contribution in [0.1, 0.15) is 64.5 Å². The smallest absolute Gasteiger partial charge is 0.475 e. The van der Waals surface area contributed by atoms with E-state index in [9.17, 15) is 64.7 Å². The molecule has 12 atom stereocenters. The van der Waals surface area contributed by atoms with E-state index in [1.54, 1.807) is 60.7 Å². The third-order valence-electron chi connectivity index (χ3n) is 13.2. The summed E-state index contributed by atoms with van der Waals surface area (Å²) in [6.45, 7) is 6.96. The molecule has 0 aromatic heterocycles. The molecule has 5 rings (SSSR count). The number of methoxy groups -OCH3 is 2. The maximum atomic E-state index is 14.5. The fraction of sp³-hybridized carbons (Fsp3) is 0.593. The Hall–Kier alpha value is -7.52. The molecule has 480 valence electrons. The van der Waals surface area contributed by atoms with Crippen molar-refractivity contribution in [1.82, 2.24) is 42.5 Å². The Morgan fingerprint density at radius 1 is 0.547 bits per heavy atom. The Bertz CT molecular complexity index is 2420. The summed E-state index contributed by atoms with van der Waals surface area (Å²) in [4.78, 5) is 130. The third-order valence-corrected chi connectivity index (χ3v) is 13.2. The van der Waals surface area contributed by atoms with Crippen molar-refractivity contribution in [3.63, 3.8) is 0 Å². The number of nitrogens with one attached hydrogen (secondary N) is 8. The highest BCUT2D eigenvalue weighted by atomic mass is 19.4. The molecule has 2 aromatic carbocycles. The molecule has 3 fully saturated rings. The van der Waals surface area contributed by atoms with Crippen LogP contribution < -0.4 is 54.0 Å². The Labute approximate surface area is 491 Å². The fourth-order valence-corrected chi connectivity index (χ4v) is 9.17. The molecule has 14 N–H and O–H groups in total. The van der Waals surface area contributed by atoms with E-state index < -0.39 is 144 Å². The van der Waals surface area contributed by atoms with Gasteiger partial charge in [0.15, 0.2) is 12.2 Å². The van der Waals surface area contributed by atoms with Gasteiger partial charge in [-0.25, -0.2) is 9.59 Å². The molecule has 3 aliphatic rings. The monoisotopic (exact) mass is 1230 g/mol. The minimum Gasteiger partial charge on any atom is -0.475 e. The topological polar surface area (TPSA) is 396 Å². The van der Waals surface area contributed by atoms with Crippen LogP contribution in [0.25, 0.3) is 0 Å². The number of ether oxygens (including phenoxy) is 4. The highest BCUT2D eigenvalue weighted by Gasteiger charge is 2.52. The van der Waals surface area contributed by atoms with Crippen molar-refractivity contribution < 1.29 is 103 Å². The van der Waals surface area contributed by atoms with Crippen molar-refractivity contribution in [3.05, 3.63) is 71.8 Å². The van der Waals surface area contributed by atoms with Crippen molar-refractivity contribution in [2.75, 3.05) is 40.4 Å². The molecular weight excluding hydrogens is 1160 g/mol. The summed E-state index contributed by atoms with van der Waals surface area (Å²) >= 11 is 0. The number of carbonyl (C=O) groups is 10. The molecule has 3 aliphatic heterocycles. The summed E-state index contributed by atoms with van der Waals surface area (Å²) in [6.07, 6.45) is -17.3. The molecule has 0 unspecified atom stereocenters. The van der Waals surface area contributed by atoms with Gasteiger partial charge in [0, 0.05) is 66.1 Å². The van der Waals surface area contributed by atoms with Gasteiger partial charge in [-0.3, -0.25) is 38.4 Å². The number of rotatable bonds is 16. The number of halogens is 6. The standard InChI is InChI=1S/C50H74N10O12.2C2HF3O2/c1-27(2)21-31-45(63)53-25-35-39(59-37(61)17-19-51)41(69-5)44(71-35)50(68)58-34(24-30-15-11-8-12-16-30)48(66)56-32(22-28(3)4)46(64)54-26-36-40(60-38(62)18-20-52)42(70-6)43(72-36)49(67)57-33(47(65)55-31)23-29-13-9-7-10-14-29;2*3-2(4,5)1(6)7/h7-16,27-28,31-36,39-44H,17-26,51-52H2,1-6H3,(H,53,63)(H,54,64)(H,55,65)(H,56,66)(H,57,67)(H,58,68)(H,59,61)(H,60,62);2*(H,6,7)/t31-,32-,33-,34-,35+,36+,39+,40+,41+,42+,43-,44-;;/m0../s1. The number of amides is 8. The fourth-order valence-electron chi connectivity index (χ4n) is 9.17. The zero-order valence-electron chi connectivity index (χ0n) is 48.0. The molecule has 8 amide bonds. The first kappa shape index (κ1) is 72.7. The van der Waals surface area contributed by atoms with Crippen molar-refractivity contribution in [2.45, 2.75) is 151 Å². The van der Waals surface area contributed by atoms with Gasteiger partial charge in [0.1, 0.15) is 36.4 Å². The number of nitrogens with two attached hydrogens (primary N) is 2. The molecule has 26 nitrogen and oxygen atoms in total. The molecule has 32 heteroatoms. The van der Waals surface area contributed by atoms with E-state index in [1.165, 1.54) is 14.2 Å². The quantitative estimate of drug-likeness (QED) is 0.0920. The Morgan fingerprint density at radius 2 is 0.849 bits per heavy atom. The Balaban J connectivity index is 0.00000123. The average molecular weight is 1240 g/mol. The lowest BCUT2D eigenvalue weighted by molar-refractivity contribution is -0.193. The zero-order valence-corrected chi connectivity index (χ0v) is 48.0. The second-order valence-electron chi connectivity index (χ2n) is 20.8. The van der Waals surface area contributed by atoms with E-state index in [4.69, 9.17) is 50.2 Å². The summed E-state index contributed by atoms with van der Waals surface area (Å²) in [5.41, 5.74) is 12.8. The number of hydrogen-bond acceptors (Lipinski definition) is 16. The first-order valence-electron chi connectivity index (χ1n) is 27.2. The number of carbonyl (C=O) groups excluding carboxylic acids is 8. The van der Waals surface area contributed by atoms with Crippen LogP contribution >= 0.6 is 0 Å². The van der Waals surface area contributed by atoms with E-state index in [2.05, 4.69) is 42.5 Å². The van der Waals surface area contributed by atoms with Crippen molar-refractivity contribution in [2.24, 2.45) is 23.3 Å². The van der Waals surface area contributed by atoms with Crippen molar-refractivity contribution in [3.8, 4) is 0 Å². The van der Waals surface area contributed by atoms with Crippen molar-refractivity contribution >= 4 is 59.2 Å². The number of carboxylic acids is 2. The van der Waals surface area contributed by atoms with E-state index in [1.807, 2.05) is 27.7 Å². The summed E-state index contributed by atoms with van der Waals surface area (Å²) < 4.78 is 87.7. The Morgan fingerprint density at radius 3 is 1.12 bits per heavy atom. The third kappa shape index (κ3) is 23.4. The largest absolute Gasteiger partial charge is 0.490 e. The summed E-state index contributed by atoms with van der Waals surface area (Å²) in [7, 11) is 2.66. The van der Waals surface area contributed by atoms with E-state index in [-0.39, 0.29) is 76.5 Å². The van der Waals surface area contributed by atoms with Crippen LogP contribution in [0.4, 0.5) is 26.3 Å². The maximum Gasteiger partial charge on any atom is 0.490 e. The second-order valence-corrected chi connectivity index (χ2v) is 20.8. The predicted octanol–water partition coefficient (Wildman–Crippen LogP) is -0.752.